The van der Waals surface area contributed by atoms with Crippen molar-refractivity contribution in [2.45, 2.75) is 57.4 Å². The molecule has 1 saturated heterocycles. The molecule has 0 aromatic carbocycles. The third kappa shape index (κ3) is 5.51. The molecule has 0 amide bonds. The average molecular weight is 404 g/mol. The molecule has 2 heterocycles. The zero-order valence-electron chi connectivity index (χ0n) is 15.6. The normalized spacial score (nSPS) is 29.2. The van der Waals surface area contributed by atoms with Crippen molar-refractivity contribution in [2.75, 3.05) is 18.4 Å². The first-order chi connectivity index (χ1) is 12.6. The van der Waals surface area contributed by atoms with Gasteiger partial charge < -0.3 is 41.2 Å². The molecule has 1 aliphatic rings. The lowest BCUT2D eigenvalue weighted by atomic mass is 9.99. The van der Waals surface area contributed by atoms with Crippen LogP contribution in [0.15, 0.2) is 11.9 Å². The molecule has 1 aliphatic heterocycles. The summed E-state index contributed by atoms with van der Waals surface area (Å²) >= 11 is 1.58. The van der Waals surface area contributed by atoms with Gasteiger partial charge in [-0.2, -0.15) is 0 Å². The number of anilines is 1. The summed E-state index contributed by atoms with van der Waals surface area (Å²) in [6.07, 6.45) is -5.64. The Morgan fingerprint density at radius 2 is 1.96 bits per heavy atom. The quantitative estimate of drug-likeness (QED) is 0.216. The van der Waals surface area contributed by atoms with Gasteiger partial charge in [0.05, 0.1) is 18.8 Å². The van der Waals surface area contributed by atoms with E-state index in [1.165, 1.54) is 16.1 Å². The Hall–Kier alpha value is -1.47. The molecule has 154 valence electrons. The number of nitrogens with zero attached hydrogens (tertiary/aromatic N) is 2. The molecule has 2 rings (SSSR count). The first kappa shape index (κ1) is 21.8. The van der Waals surface area contributed by atoms with Crippen molar-refractivity contribution in [1.29, 1.82) is 0 Å². The lowest BCUT2D eigenvalue weighted by molar-refractivity contribution is -0.283. The van der Waals surface area contributed by atoms with Crippen LogP contribution in [0.5, 0.6) is 0 Å². The lowest BCUT2D eigenvalue weighted by Gasteiger charge is -2.39. The first-order valence-electron chi connectivity index (χ1n) is 8.66. The molecular formula is C16H29N5O5S. The third-order valence-corrected chi connectivity index (χ3v) is 5.63. The molecule has 5 atom stereocenters. The maximum atomic E-state index is 9.93. The van der Waals surface area contributed by atoms with Gasteiger partial charge >= 0.3 is 0 Å². The highest BCUT2D eigenvalue weighted by atomic mass is 32.1. The van der Waals surface area contributed by atoms with Gasteiger partial charge in [-0.1, -0.05) is 13.8 Å². The number of aromatic nitrogens is 1. The highest BCUT2D eigenvalue weighted by Crippen LogP contribution is 2.29. The van der Waals surface area contributed by atoms with E-state index in [4.69, 9.17) is 16.3 Å². The zero-order valence-corrected chi connectivity index (χ0v) is 16.4. The molecule has 0 saturated carbocycles. The summed E-state index contributed by atoms with van der Waals surface area (Å²) in [5, 5.41) is 43.7. The highest BCUT2D eigenvalue weighted by Gasteiger charge is 2.43. The van der Waals surface area contributed by atoms with Gasteiger partial charge in [-0.15, -0.1) is 11.3 Å². The number of thiazole rings is 1. The second-order valence-electron chi connectivity index (χ2n) is 6.91. The fraction of sp³-hybridized carbons (Fsp3) is 0.688. The number of aliphatic hydroxyl groups is 4. The van der Waals surface area contributed by atoms with Crippen LogP contribution in [-0.2, 0) is 4.74 Å². The van der Waals surface area contributed by atoms with E-state index in [1.807, 2.05) is 6.92 Å². The number of hydrogen-bond donors (Lipinski definition) is 7. The smallest absolute Gasteiger partial charge is 0.184 e. The van der Waals surface area contributed by atoms with E-state index < -0.39 is 30.7 Å². The van der Waals surface area contributed by atoms with Crippen LogP contribution in [-0.4, -0.2) is 74.2 Å². The van der Waals surface area contributed by atoms with Crippen molar-refractivity contribution >= 4 is 16.5 Å². The summed E-state index contributed by atoms with van der Waals surface area (Å²) in [6, 6.07) is 0. The predicted octanol–water partition coefficient (Wildman–Crippen LogP) is -1.24. The minimum atomic E-state index is -1.60. The second kappa shape index (κ2) is 9.15. The molecule has 10 nitrogen and oxygen atoms in total. The van der Waals surface area contributed by atoms with Gasteiger partial charge in [0.2, 0.25) is 0 Å². The van der Waals surface area contributed by atoms with Crippen molar-refractivity contribution in [2.24, 2.45) is 11.6 Å². The fourth-order valence-corrected chi connectivity index (χ4v) is 3.76. The number of nitrogens with two attached hydrogens (primary N) is 2. The fourth-order valence-electron chi connectivity index (χ4n) is 2.80. The molecule has 1 fully saturated rings. The maximum absolute atomic E-state index is 9.93. The number of hydrazine groups is 1. The van der Waals surface area contributed by atoms with Crippen molar-refractivity contribution in [3.8, 4) is 0 Å². The Kier molecular flexibility index (Phi) is 7.40. The molecule has 0 spiro atoms. The van der Waals surface area contributed by atoms with Crippen LogP contribution in [0.1, 0.15) is 30.3 Å². The Balaban J connectivity index is 1.89. The summed E-state index contributed by atoms with van der Waals surface area (Å²) in [5.74, 6) is 6.25. The number of aryl methyl sites for hydroxylation is 1. The van der Waals surface area contributed by atoms with Crippen molar-refractivity contribution in [1.82, 2.24) is 9.99 Å². The van der Waals surface area contributed by atoms with E-state index in [-0.39, 0.29) is 6.54 Å². The number of rotatable bonds is 7. The van der Waals surface area contributed by atoms with Gasteiger partial charge in [0, 0.05) is 16.8 Å². The standard InChI is InChI=1S/C16H29N5O5S/c1-7(2)14-8(3)20-16(27-14)19-4-9(17)5-21(18)6-10-11(22)12(23)13(24)15(25)26-10/h5,7,10-13,15,22-25H,4,6,17-18H2,1-3H3,(H,19,20)/b9-5-. The summed E-state index contributed by atoms with van der Waals surface area (Å²) in [7, 11) is 0. The maximum Gasteiger partial charge on any atom is 0.184 e. The molecule has 0 bridgehead atoms. The summed E-state index contributed by atoms with van der Waals surface area (Å²) in [5.41, 5.74) is 7.36. The van der Waals surface area contributed by atoms with Crippen molar-refractivity contribution in [3.63, 3.8) is 0 Å². The zero-order chi connectivity index (χ0) is 20.3. The van der Waals surface area contributed by atoms with E-state index in [0.29, 0.717) is 18.2 Å². The second-order valence-corrected chi connectivity index (χ2v) is 7.95. The summed E-state index contributed by atoms with van der Waals surface area (Å²) in [6.45, 7) is 6.46. The molecular weight excluding hydrogens is 374 g/mol. The van der Waals surface area contributed by atoms with E-state index in [1.54, 1.807) is 11.3 Å². The Morgan fingerprint density at radius 3 is 2.56 bits per heavy atom. The molecule has 5 unspecified atom stereocenters. The lowest BCUT2D eigenvalue weighted by Crippen LogP contribution is -2.60. The van der Waals surface area contributed by atoms with E-state index in [9.17, 15) is 20.4 Å². The van der Waals surface area contributed by atoms with Crippen LogP contribution in [0, 0.1) is 6.92 Å². The topological polar surface area (TPSA) is 170 Å². The van der Waals surface area contributed by atoms with Gasteiger partial charge in [0.1, 0.15) is 24.4 Å². The monoisotopic (exact) mass is 403 g/mol. The van der Waals surface area contributed by atoms with Gasteiger partial charge in [0.15, 0.2) is 11.4 Å². The average Bonchev–Trinajstić information content (AvgIpc) is 2.97. The van der Waals surface area contributed by atoms with Gasteiger partial charge in [-0.25, -0.2) is 10.8 Å². The van der Waals surface area contributed by atoms with Crippen LogP contribution in [0.4, 0.5) is 5.13 Å². The van der Waals surface area contributed by atoms with E-state index in [2.05, 4.69) is 24.1 Å². The van der Waals surface area contributed by atoms with Gasteiger partial charge in [-0.05, 0) is 12.8 Å². The molecule has 27 heavy (non-hydrogen) atoms. The van der Waals surface area contributed by atoms with Crippen molar-refractivity contribution in [3.05, 3.63) is 22.5 Å². The van der Waals surface area contributed by atoms with Crippen LogP contribution < -0.4 is 16.9 Å². The van der Waals surface area contributed by atoms with Crippen LogP contribution in [0.2, 0.25) is 0 Å². The Labute approximate surface area is 162 Å². The number of ether oxygens (including phenoxy) is 1. The number of hydrogen-bond acceptors (Lipinski definition) is 11. The summed E-state index contributed by atoms with van der Waals surface area (Å²) < 4.78 is 5.08. The van der Waals surface area contributed by atoms with Gasteiger partial charge in [0.25, 0.3) is 0 Å². The minimum Gasteiger partial charge on any atom is -0.399 e. The third-order valence-electron chi connectivity index (χ3n) is 4.21. The molecule has 9 N–H and O–H groups in total. The SMILES string of the molecule is Cc1nc(NC/C(N)=C/N(N)CC2OC(O)C(O)C(O)C2O)sc1C(C)C. The predicted molar refractivity (Wildman–Crippen MR) is 101 cm³/mol. The minimum absolute atomic E-state index is 0.0451. The summed E-state index contributed by atoms with van der Waals surface area (Å²) in [4.78, 5) is 5.67. The largest absolute Gasteiger partial charge is 0.399 e. The molecule has 0 radical (unpaired) electrons. The van der Waals surface area contributed by atoms with Crippen molar-refractivity contribution < 1.29 is 25.2 Å². The molecule has 11 heteroatoms. The van der Waals surface area contributed by atoms with Crippen LogP contribution >= 0.6 is 11.3 Å². The van der Waals surface area contributed by atoms with Crippen LogP contribution in [0.25, 0.3) is 0 Å². The highest BCUT2D eigenvalue weighted by molar-refractivity contribution is 7.15. The number of nitrogens with one attached hydrogen (secondary N) is 1. The number of aliphatic hydroxyl groups excluding tert-OH is 4. The van der Waals surface area contributed by atoms with E-state index in [0.717, 1.165) is 10.8 Å². The molecule has 1 aromatic heterocycles. The van der Waals surface area contributed by atoms with Gasteiger partial charge in [-0.3, -0.25) is 0 Å². The molecule has 1 aromatic rings. The Bertz CT molecular complexity index is 655. The Morgan fingerprint density at radius 1 is 1.30 bits per heavy atom. The molecule has 0 aliphatic carbocycles. The first-order valence-corrected chi connectivity index (χ1v) is 9.48. The van der Waals surface area contributed by atoms with Crippen LogP contribution in [0.3, 0.4) is 0 Å². The van der Waals surface area contributed by atoms with E-state index >= 15 is 0 Å².